The number of cyclic esters (lactones) is 1. The summed E-state index contributed by atoms with van der Waals surface area (Å²) >= 11 is 6.96. The van der Waals surface area contributed by atoms with Gasteiger partial charge in [0.25, 0.3) is 0 Å². The average Bonchev–Trinajstić information content (AvgIpc) is 2.28. The summed E-state index contributed by atoms with van der Waals surface area (Å²) in [5.74, 6) is -0.511. The second kappa shape index (κ2) is 3.47. The molecule has 1 unspecified atom stereocenters. The summed E-state index contributed by atoms with van der Waals surface area (Å²) in [6, 6.07) is 0. The summed E-state index contributed by atoms with van der Waals surface area (Å²) in [4.78, 5) is 11.4. The average molecular weight is 195 g/mol. The number of carbonyl (C=O) groups is 1. The Kier molecular flexibility index (Phi) is 2.81. The highest BCUT2D eigenvalue weighted by Gasteiger charge is 2.32. The molecule has 62 valence electrons. The summed E-state index contributed by atoms with van der Waals surface area (Å²) in [5.41, 5.74) is 0. The third-order valence-corrected chi connectivity index (χ3v) is 2.56. The zero-order valence-electron chi connectivity index (χ0n) is 6.09. The van der Waals surface area contributed by atoms with Crippen LogP contribution in [0.15, 0.2) is 9.94 Å². The third-order valence-electron chi connectivity index (χ3n) is 1.26. The van der Waals surface area contributed by atoms with Crippen LogP contribution in [-0.4, -0.2) is 25.6 Å². The SMILES string of the molecule is COC1OC(=O)C(Cl)=C1SC. The number of hydrogen-bond acceptors (Lipinski definition) is 4. The van der Waals surface area contributed by atoms with Crippen LogP contribution < -0.4 is 0 Å². The molecule has 1 rings (SSSR count). The molecule has 0 radical (unpaired) electrons. The van der Waals surface area contributed by atoms with Crippen molar-refractivity contribution in [2.75, 3.05) is 13.4 Å². The maximum absolute atomic E-state index is 10.8. The fraction of sp³-hybridized carbons (Fsp3) is 0.500. The molecule has 1 aliphatic heterocycles. The number of thioether (sulfide) groups is 1. The van der Waals surface area contributed by atoms with E-state index >= 15 is 0 Å². The van der Waals surface area contributed by atoms with E-state index in [0.29, 0.717) is 4.91 Å². The van der Waals surface area contributed by atoms with Crippen LogP contribution >= 0.6 is 23.4 Å². The largest absolute Gasteiger partial charge is 0.426 e. The van der Waals surface area contributed by atoms with Gasteiger partial charge in [-0.2, -0.15) is 0 Å². The molecule has 0 saturated carbocycles. The van der Waals surface area contributed by atoms with Crippen molar-refractivity contribution in [2.45, 2.75) is 6.29 Å². The molecule has 1 heterocycles. The van der Waals surface area contributed by atoms with Gasteiger partial charge in [0.2, 0.25) is 6.29 Å². The van der Waals surface area contributed by atoms with Crippen LogP contribution in [-0.2, 0) is 14.3 Å². The summed E-state index contributed by atoms with van der Waals surface area (Å²) in [5, 5.41) is 0.129. The van der Waals surface area contributed by atoms with Crippen molar-refractivity contribution in [3.05, 3.63) is 9.94 Å². The van der Waals surface area contributed by atoms with E-state index in [4.69, 9.17) is 21.1 Å². The maximum atomic E-state index is 10.8. The Morgan fingerprint density at radius 1 is 1.73 bits per heavy atom. The second-order valence-corrected chi connectivity index (χ2v) is 3.08. The number of halogens is 1. The first-order valence-corrected chi connectivity index (χ1v) is 4.48. The molecule has 0 bridgehead atoms. The summed E-state index contributed by atoms with van der Waals surface area (Å²) in [6.07, 6.45) is 1.20. The molecular weight excluding hydrogens is 188 g/mol. The Bertz CT molecular complexity index is 214. The minimum absolute atomic E-state index is 0.129. The molecule has 0 N–H and O–H groups in total. The van der Waals surface area contributed by atoms with Gasteiger partial charge in [-0.15, -0.1) is 11.8 Å². The number of esters is 1. The maximum Gasteiger partial charge on any atom is 0.353 e. The molecule has 0 spiro atoms. The number of carbonyl (C=O) groups excluding carboxylic acids is 1. The fourth-order valence-electron chi connectivity index (χ4n) is 0.748. The molecule has 0 aromatic carbocycles. The van der Waals surface area contributed by atoms with Gasteiger partial charge in [-0.25, -0.2) is 4.79 Å². The van der Waals surface area contributed by atoms with Crippen LogP contribution in [0.25, 0.3) is 0 Å². The second-order valence-electron chi connectivity index (χ2n) is 1.86. The Hall–Kier alpha value is -0.190. The van der Waals surface area contributed by atoms with Gasteiger partial charge in [0, 0.05) is 7.11 Å². The molecule has 0 fully saturated rings. The lowest BCUT2D eigenvalue weighted by Gasteiger charge is -2.08. The highest BCUT2D eigenvalue weighted by Crippen LogP contribution is 2.32. The van der Waals surface area contributed by atoms with Crippen LogP contribution in [0.5, 0.6) is 0 Å². The van der Waals surface area contributed by atoms with Gasteiger partial charge in [-0.3, -0.25) is 0 Å². The first kappa shape index (κ1) is 8.90. The first-order valence-electron chi connectivity index (χ1n) is 2.88. The van der Waals surface area contributed by atoms with Crippen molar-refractivity contribution in [3.8, 4) is 0 Å². The summed E-state index contributed by atoms with van der Waals surface area (Å²) in [7, 11) is 1.46. The summed E-state index contributed by atoms with van der Waals surface area (Å²) < 4.78 is 9.59. The molecule has 5 heteroatoms. The number of methoxy groups -OCH3 is 1. The zero-order chi connectivity index (χ0) is 8.43. The number of hydrogen-bond donors (Lipinski definition) is 0. The molecule has 0 saturated heterocycles. The molecule has 3 nitrogen and oxygen atoms in total. The predicted molar refractivity (Wildman–Crippen MR) is 43.3 cm³/mol. The monoisotopic (exact) mass is 194 g/mol. The van der Waals surface area contributed by atoms with Crippen LogP contribution in [0.4, 0.5) is 0 Å². The number of rotatable bonds is 2. The molecule has 0 aromatic heterocycles. The van der Waals surface area contributed by atoms with Crippen molar-refractivity contribution in [2.24, 2.45) is 0 Å². The van der Waals surface area contributed by atoms with Crippen LogP contribution in [0.3, 0.4) is 0 Å². The first-order chi connectivity index (χ1) is 5.20. The molecule has 0 aliphatic carbocycles. The van der Waals surface area contributed by atoms with E-state index in [9.17, 15) is 4.79 Å². The smallest absolute Gasteiger partial charge is 0.353 e. The van der Waals surface area contributed by atoms with Crippen molar-refractivity contribution < 1.29 is 14.3 Å². The van der Waals surface area contributed by atoms with Gasteiger partial charge in [0.05, 0.1) is 4.91 Å². The predicted octanol–water partition coefficient (Wildman–Crippen LogP) is 1.33. The minimum Gasteiger partial charge on any atom is -0.426 e. The van der Waals surface area contributed by atoms with Crippen LogP contribution in [0, 0.1) is 0 Å². The standard InChI is InChI=1S/C6H7ClO3S/c1-9-6-4(11-2)3(7)5(8)10-6/h6H,1-2H3. The minimum atomic E-state index is -0.606. The van der Waals surface area contributed by atoms with Crippen molar-refractivity contribution in [3.63, 3.8) is 0 Å². The highest BCUT2D eigenvalue weighted by atomic mass is 35.5. The van der Waals surface area contributed by atoms with Crippen molar-refractivity contribution >= 4 is 29.3 Å². The Morgan fingerprint density at radius 3 is 2.73 bits per heavy atom. The molecule has 1 aliphatic rings. The van der Waals surface area contributed by atoms with E-state index in [1.165, 1.54) is 18.9 Å². The van der Waals surface area contributed by atoms with Crippen molar-refractivity contribution in [1.82, 2.24) is 0 Å². The van der Waals surface area contributed by atoms with E-state index in [-0.39, 0.29) is 5.03 Å². The van der Waals surface area contributed by atoms with Gasteiger partial charge in [0.15, 0.2) is 0 Å². The lowest BCUT2D eigenvalue weighted by Crippen LogP contribution is -2.12. The summed E-state index contributed by atoms with van der Waals surface area (Å²) in [6.45, 7) is 0. The van der Waals surface area contributed by atoms with Gasteiger partial charge >= 0.3 is 5.97 Å². The quantitative estimate of drug-likeness (QED) is 0.622. The van der Waals surface area contributed by atoms with Crippen LogP contribution in [0.2, 0.25) is 0 Å². The van der Waals surface area contributed by atoms with Crippen molar-refractivity contribution in [1.29, 1.82) is 0 Å². The molecule has 11 heavy (non-hydrogen) atoms. The van der Waals surface area contributed by atoms with Crippen LogP contribution in [0.1, 0.15) is 0 Å². The Labute approximate surface area is 73.7 Å². The molecular formula is C6H7ClO3S. The Balaban J connectivity index is 2.86. The molecule has 0 amide bonds. The van der Waals surface area contributed by atoms with Gasteiger partial charge < -0.3 is 9.47 Å². The van der Waals surface area contributed by atoms with E-state index in [1.807, 2.05) is 6.26 Å². The van der Waals surface area contributed by atoms with E-state index < -0.39 is 12.3 Å². The van der Waals surface area contributed by atoms with Gasteiger partial charge in [0.1, 0.15) is 5.03 Å². The number of ether oxygens (including phenoxy) is 2. The molecule has 1 atom stereocenters. The van der Waals surface area contributed by atoms with E-state index in [0.717, 1.165) is 0 Å². The van der Waals surface area contributed by atoms with E-state index in [1.54, 1.807) is 0 Å². The lowest BCUT2D eigenvalue weighted by molar-refractivity contribution is -0.154. The Morgan fingerprint density at radius 2 is 2.36 bits per heavy atom. The van der Waals surface area contributed by atoms with Gasteiger partial charge in [-0.05, 0) is 6.26 Å². The van der Waals surface area contributed by atoms with E-state index in [2.05, 4.69) is 0 Å². The normalized spacial score (nSPS) is 24.3. The highest BCUT2D eigenvalue weighted by molar-refractivity contribution is 8.02. The third kappa shape index (κ3) is 1.52. The fourth-order valence-corrected chi connectivity index (χ4v) is 1.71. The lowest BCUT2D eigenvalue weighted by atomic mass is 10.5. The molecule has 0 aromatic rings. The zero-order valence-corrected chi connectivity index (χ0v) is 7.66. The van der Waals surface area contributed by atoms with Gasteiger partial charge in [-0.1, -0.05) is 11.6 Å². The topological polar surface area (TPSA) is 35.5 Å².